The highest BCUT2D eigenvalue weighted by Crippen LogP contribution is 2.22. The molecule has 0 radical (unpaired) electrons. The molecular weight excluding hydrogens is 283 g/mol. The minimum atomic E-state index is -0.877. The molecule has 0 aliphatic carbocycles. The second-order valence-electron chi connectivity index (χ2n) is 3.03. The average molecular weight is 293 g/mol. The molecule has 0 saturated heterocycles. The van der Waals surface area contributed by atoms with Crippen molar-refractivity contribution in [2.45, 2.75) is 17.9 Å². The fourth-order valence-corrected chi connectivity index (χ4v) is 2.06. The minimum Gasteiger partial charge on any atom is -0.480 e. The maximum atomic E-state index is 13.3. The van der Waals surface area contributed by atoms with Gasteiger partial charge in [-0.25, -0.2) is 4.39 Å². The van der Waals surface area contributed by atoms with E-state index in [-0.39, 0.29) is 5.82 Å². The van der Waals surface area contributed by atoms with Crippen molar-refractivity contribution in [1.29, 1.82) is 0 Å². The molecule has 1 atom stereocenters. The van der Waals surface area contributed by atoms with E-state index in [1.165, 1.54) is 17.8 Å². The van der Waals surface area contributed by atoms with E-state index in [2.05, 4.69) is 15.9 Å². The third-order valence-corrected chi connectivity index (χ3v) is 3.52. The second-order valence-corrected chi connectivity index (χ2v) is 5.27. The van der Waals surface area contributed by atoms with Crippen LogP contribution in [0.4, 0.5) is 4.39 Å². The van der Waals surface area contributed by atoms with Gasteiger partial charge in [0.2, 0.25) is 0 Å². The molecule has 2 nitrogen and oxygen atoms in total. The number of carboxylic acid groups (broad SMARTS) is 1. The molecule has 0 amide bonds. The van der Waals surface area contributed by atoms with Gasteiger partial charge in [-0.05, 0) is 24.6 Å². The maximum absolute atomic E-state index is 13.3. The number of thioether (sulfide) groups is 1. The largest absolute Gasteiger partial charge is 0.480 e. The lowest BCUT2D eigenvalue weighted by atomic mass is 10.2. The van der Waals surface area contributed by atoms with Crippen molar-refractivity contribution in [3.8, 4) is 0 Å². The Labute approximate surface area is 100 Å². The second kappa shape index (κ2) is 5.51. The van der Waals surface area contributed by atoms with Crippen LogP contribution < -0.4 is 0 Å². The van der Waals surface area contributed by atoms with Gasteiger partial charge in [-0.2, -0.15) is 0 Å². The normalized spacial score (nSPS) is 12.5. The summed E-state index contributed by atoms with van der Waals surface area (Å²) in [6, 6.07) is 4.77. The van der Waals surface area contributed by atoms with Gasteiger partial charge < -0.3 is 5.11 Å². The number of carboxylic acids is 1. The summed E-state index contributed by atoms with van der Waals surface area (Å²) >= 11 is 4.36. The van der Waals surface area contributed by atoms with Crippen molar-refractivity contribution in [2.75, 3.05) is 0 Å². The zero-order valence-electron chi connectivity index (χ0n) is 8.04. The molecule has 0 bridgehead atoms. The lowest BCUT2D eigenvalue weighted by Gasteiger charge is -2.06. The Kier molecular flexibility index (Phi) is 4.60. The Morgan fingerprint density at radius 1 is 1.67 bits per heavy atom. The highest BCUT2D eigenvalue weighted by molar-refractivity contribution is 9.10. The van der Waals surface area contributed by atoms with Gasteiger partial charge in [0, 0.05) is 10.2 Å². The molecule has 5 heteroatoms. The number of halogens is 2. The Balaban J connectivity index is 2.62. The van der Waals surface area contributed by atoms with Crippen LogP contribution in [-0.4, -0.2) is 16.3 Å². The lowest BCUT2D eigenvalue weighted by molar-refractivity contribution is -0.136. The van der Waals surface area contributed by atoms with E-state index in [0.717, 1.165) is 0 Å². The zero-order chi connectivity index (χ0) is 11.4. The predicted octanol–water partition coefficient (Wildman–Crippen LogP) is 3.29. The highest BCUT2D eigenvalue weighted by atomic mass is 79.9. The van der Waals surface area contributed by atoms with E-state index in [9.17, 15) is 9.18 Å². The molecule has 1 aromatic carbocycles. The van der Waals surface area contributed by atoms with E-state index in [0.29, 0.717) is 15.8 Å². The van der Waals surface area contributed by atoms with Crippen molar-refractivity contribution >= 4 is 33.7 Å². The van der Waals surface area contributed by atoms with Crippen LogP contribution >= 0.6 is 27.7 Å². The van der Waals surface area contributed by atoms with E-state index < -0.39 is 11.2 Å². The quantitative estimate of drug-likeness (QED) is 0.925. The topological polar surface area (TPSA) is 37.3 Å². The SMILES string of the molecule is CC(SCc1ccc(Br)cc1F)C(=O)O. The van der Waals surface area contributed by atoms with Gasteiger partial charge in [0.05, 0.1) is 5.25 Å². The van der Waals surface area contributed by atoms with E-state index in [1.807, 2.05) is 0 Å². The zero-order valence-corrected chi connectivity index (χ0v) is 10.4. The average Bonchev–Trinajstić information content (AvgIpc) is 2.15. The van der Waals surface area contributed by atoms with Gasteiger partial charge in [0.15, 0.2) is 0 Å². The van der Waals surface area contributed by atoms with Gasteiger partial charge in [0.25, 0.3) is 0 Å². The molecule has 0 spiro atoms. The van der Waals surface area contributed by atoms with Crippen LogP contribution in [0, 0.1) is 5.82 Å². The molecule has 15 heavy (non-hydrogen) atoms. The highest BCUT2D eigenvalue weighted by Gasteiger charge is 2.12. The molecule has 82 valence electrons. The minimum absolute atomic E-state index is 0.311. The summed E-state index contributed by atoms with van der Waals surface area (Å²) in [5, 5.41) is 8.13. The molecular formula is C10H10BrFO2S. The fourth-order valence-electron chi connectivity index (χ4n) is 0.925. The van der Waals surface area contributed by atoms with E-state index in [4.69, 9.17) is 5.11 Å². The Bertz CT molecular complexity index is 370. The van der Waals surface area contributed by atoms with Gasteiger partial charge >= 0.3 is 5.97 Å². The monoisotopic (exact) mass is 292 g/mol. The molecule has 0 saturated carbocycles. The predicted molar refractivity (Wildman–Crippen MR) is 62.5 cm³/mol. The third kappa shape index (κ3) is 3.83. The summed E-state index contributed by atoms with van der Waals surface area (Å²) in [4.78, 5) is 10.5. The first kappa shape index (κ1) is 12.5. The summed E-state index contributed by atoms with van der Waals surface area (Å²) in [6.07, 6.45) is 0. The number of aliphatic carboxylic acids is 1. The van der Waals surface area contributed by atoms with Crippen molar-refractivity contribution in [3.63, 3.8) is 0 Å². The summed E-state index contributed by atoms with van der Waals surface area (Å²) < 4.78 is 14.0. The van der Waals surface area contributed by atoms with Crippen LogP contribution in [0.15, 0.2) is 22.7 Å². The van der Waals surface area contributed by atoms with Crippen molar-refractivity contribution < 1.29 is 14.3 Å². The Hall–Kier alpha value is -0.550. The first-order chi connectivity index (χ1) is 7.00. The van der Waals surface area contributed by atoms with Crippen LogP contribution in [0.1, 0.15) is 12.5 Å². The van der Waals surface area contributed by atoms with Crippen LogP contribution in [0.25, 0.3) is 0 Å². The van der Waals surface area contributed by atoms with Crippen LogP contribution in [0.2, 0.25) is 0 Å². The van der Waals surface area contributed by atoms with Gasteiger partial charge in [-0.15, -0.1) is 11.8 Å². The number of hydrogen-bond acceptors (Lipinski definition) is 2. The van der Waals surface area contributed by atoms with E-state index in [1.54, 1.807) is 19.1 Å². The van der Waals surface area contributed by atoms with E-state index >= 15 is 0 Å². The lowest BCUT2D eigenvalue weighted by Crippen LogP contribution is -2.11. The molecule has 1 unspecified atom stereocenters. The number of hydrogen-bond donors (Lipinski definition) is 1. The fraction of sp³-hybridized carbons (Fsp3) is 0.300. The molecule has 0 aliphatic rings. The number of rotatable bonds is 4. The van der Waals surface area contributed by atoms with Crippen LogP contribution in [-0.2, 0) is 10.5 Å². The molecule has 0 heterocycles. The summed E-state index contributed by atoms with van der Waals surface area (Å²) in [5.41, 5.74) is 0.524. The van der Waals surface area contributed by atoms with Crippen molar-refractivity contribution in [1.82, 2.24) is 0 Å². The molecule has 0 fully saturated rings. The number of carbonyl (C=O) groups is 1. The smallest absolute Gasteiger partial charge is 0.316 e. The first-order valence-corrected chi connectivity index (χ1v) is 6.13. The Morgan fingerprint density at radius 2 is 2.33 bits per heavy atom. The van der Waals surface area contributed by atoms with Crippen LogP contribution in [0.5, 0.6) is 0 Å². The van der Waals surface area contributed by atoms with Gasteiger partial charge in [-0.3, -0.25) is 4.79 Å². The maximum Gasteiger partial charge on any atom is 0.316 e. The van der Waals surface area contributed by atoms with Gasteiger partial charge in [0.1, 0.15) is 5.82 Å². The Morgan fingerprint density at radius 3 is 2.87 bits per heavy atom. The first-order valence-electron chi connectivity index (χ1n) is 4.29. The third-order valence-electron chi connectivity index (χ3n) is 1.85. The van der Waals surface area contributed by atoms with Gasteiger partial charge in [-0.1, -0.05) is 22.0 Å². The molecule has 0 aromatic heterocycles. The molecule has 1 rings (SSSR count). The molecule has 0 aliphatic heterocycles. The molecule has 1 N–H and O–H groups in total. The van der Waals surface area contributed by atoms with Crippen LogP contribution in [0.3, 0.4) is 0 Å². The summed E-state index contributed by atoms with van der Waals surface area (Å²) in [6.45, 7) is 1.59. The summed E-state index contributed by atoms with van der Waals surface area (Å²) in [7, 11) is 0. The molecule has 1 aromatic rings. The van der Waals surface area contributed by atoms with Crippen molar-refractivity contribution in [3.05, 3.63) is 34.1 Å². The summed E-state index contributed by atoms with van der Waals surface area (Å²) in [5.74, 6) is -0.820. The standard InChI is InChI=1S/C10H10BrFO2S/c1-6(10(13)14)15-5-7-2-3-8(11)4-9(7)12/h2-4,6H,5H2,1H3,(H,13,14). The van der Waals surface area contributed by atoms with Crippen molar-refractivity contribution in [2.24, 2.45) is 0 Å². The number of benzene rings is 1.